The number of hydrogen-bond acceptors (Lipinski definition) is 3. The lowest BCUT2D eigenvalue weighted by atomic mass is 9.79. The van der Waals surface area contributed by atoms with Crippen LogP contribution >= 0.6 is 12.4 Å². The van der Waals surface area contributed by atoms with Crippen LogP contribution in [0.1, 0.15) is 52.1 Å². The number of fused-ring (bicyclic) bond motifs is 10. The van der Waals surface area contributed by atoms with Crippen molar-refractivity contribution in [2.45, 2.75) is 45.3 Å². The van der Waals surface area contributed by atoms with E-state index in [4.69, 9.17) is 0 Å². The number of halogens is 1. The number of carbonyl (C=O) groups is 2. The molecule has 2 amide bonds. The van der Waals surface area contributed by atoms with Crippen LogP contribution < -0.4 is 10.6 Å². The van der Waals surface area contributed by atoms with E-state index in [9.17, 15) is 9.59 Å². The maximum Gasteiger partial charge on any atom is 0.259 e. The third kappa shape index (κ3) is 2.34. The predicted octanol–water partition coefficient (Wildman–Crippen LogP) is 4.99. The molecule has 5 aromatic rings. The minimum absolute atomic E-state index is 0. The number of para-hydroxylation sites is 2. The molecule has 0 aliphatic carbocycles. The van der Waals surface area contributed by atoms with Gasteiger partial charge in [-0.1, -0.05) is 50.2 Å². The third-order valence-corrected chi connectivity index (χ3v) is 8.42. The van der Waals surface area contributed by atoms with Crippen molar-refractivity contribution in [2.24, 2.45) is 0 Å². The minimum atomic E-state index is -0.279. The maximum atomic E-state index is 13.3. The first-order valence-electron chi connectivity index (χ1n) is 12.1. The van der Waals surface area contributed by atoms with E-state index < -0.39 is 0 Å². The van der Waals surface area contributed by atoms with Crippen molar-refractivity contribution in [3.63, 3.8) is 0 Å². The van der Waals surface area contributed by atoms with Crippen LogP contribution in [0.15, 0.2) is 36.4 Å². The molecule has 2 aromatic heterocycles. The Morgan fingerprint density at radius 3 is 2.14 bits per heavy atom. The summed E-state index contributed by atoms with van der Waals surface area (Å²) in [6, 6.07) is 12.8. The summed E-state index contributed by atoms with van der Waals surface area (Å²) in [5, 5.41) is 10.2. The highest BCUT2D eigenvalue weighted by Gasteiger charge is 2.39. The minimum Gasteiger partial charge on any atom is -0.338 e. The standard InChI is InChI=1S/C28H24N4O2.ClH/c1-28(2)9-11-31-23-16(7-4-8-17(23)28)19-21-20(26(33)30-27(21)34)18-15-6-3-5-14-13-29-10-12-32(22(14)15)25(18)24(19)31;/h3-8,29H,9-13H2,1-2H3,(H,30,33,34);1H. The van der Waals surface area contributed by atoms with Gasteiger partial charge < -0.3 is 14.5 Å². The highest BCUT2D eigenvalue weighted by Crippen LogP contribution is 2.49. The molecule has 3 aliphatic rings. The Kier molecular flexibility index (Phi) is 3.99. The van der Waals surface area contributed by atoms with E-state index in [0.717, 1.165) is 65.2 Å². The van der Waals surface area contributed by atoms with E-state index >= 15 is 0 Å². The molecule has 5 heterocycles. The first kappa shape index (κ1) is 21.0. The molecule has 2 N–H and O–H groups in total. The summed E-state index contributed by atoms with van der Waals surface area (Å²) in [6.45, 7) is 7.97. The molecule has 8 rings (SSSR count). The fourth-order valence-corrected chi connectivity index (χ4v) is 6.90. The maximum absolute atomic E-state index is 13.3. The second kappa shape index (κ2) is 6.65. The molecule has 7 heteroatoms. The number of imide groups is 1. The van der Waals surface area contributed by atoms with Crippen molar-refractivity contribution in [1.82, 2.24) is 19.8 Å². The Balaban J connectivity index is 0.00000210. The molecule has 6 nitrogen and oxygen atoms in total. The summed E-state index contributed by atoms with van der Waals surface area (Å²) in [5.74, 6) is -0.556. The first-order chi connectivity index (χ1) is 16.5. The molecule has 0 saturated heterocycles. The zero-order valence-electron chi connectivity index (χ0n) is 19.6. The van der Waals surface area contributed by atoms with Crippen molar-refractivity contribution in [1.29, 1.82) is 0 Å². The normalized spacial score (nSPS) is 18.2. The zero-order valence-corrected chi connectivity index (χ0v) is 20.4. The van der Waals surface area contributed by atoms with Gasteiger partial charge in [-0.25, -0.2) is 0 Å². The third-order valence-electron chi connectivity index (χ3n) is 8.42. The summed E-state index contributed by atoms with van der Waals surface area (Å²) in [4.78, 5) is 26.6. The molecule has 0 saturated carbocycles. The lowest BCUT2D eigenvalue weighted by molar-refractivity contribution is 0.0880. The van der Waals surface area contributed by atoms with Crippen LogP contribution in [-0.2, 0) is 25.0 Å². The van der Waals surface area contributed by atoms with E-state index in [2.05, 4.69) is 70.0 Å². The Morgan fingerprint density at radius 2 is 1.43 bits per heavy atom. The second-order valence-corrected chi connectivity index (χ2v) is 10.6. The molecule has 3 aliphatic heterocycles. The van der Waals surface area contributed by atoms with E-state index in [0.29, 0.717) is 11.1 Å². The molecule has 0 radical (unpaired) electrons. The number of aromatic nitrogens is 2. The molecule has 35 heavy (non-hydrogen) atoms. The summed E-state index contributed by atoms with van der Waals surface area (Å²) >= 11 is 0. The van der Waals surface area contributed by atoms with Gasteiger partial charge in [0.1, 0.15) is 0 Å². The Hall–Kier alpha value is -3.35. The van der Waals surface area contributed by atoms with Crippen molar-refractivity contribution in [3.8, 4) is 0 Å². The molecule has 0 unspecified atom stereocenters. The largest absolute Gasteiger partial charge is 0.338 e. The summed E-state index contributed by atoms with van der Waals surface area (Å²) in [6.07, 6.45) is 1.03. The van der Waals surface area contributed by atoms with Crippen molar-refractivity contribution in [2.75, 3.05) is 6.54 Å². The summed E-state index contributed by atoms with van der Waals surface area (Å²) in [7, 11) is 0. The molecule has 0 fully saturated rings. The van der Waals surface area contributed by atoms with E-state index in [-0.39, 0.29) is 29.6 Å². The molecule has 0 spiro atoms. The highest BCUT2D eigenvalue weighted by atomic mass is 35.5. The van der Waals surface area contributed by atoms with Crippen LogP contribution in [0.5, 0.6) is 0 Å². The molecule has 0 bridgehead atoms. The van der Waals surface area contributed by atoms with E-state index in [1.807, 2.05) is 0 Å². The van der Waals surface area contributed by atoms with Gasteiger partial charge in [0.2, 0.25) is 0 Å². The number of nitrogens with zero attached hydrogens (tertiary/aromatic N) is 2. The zero-order chi connectivity index (χ0) is 22.9. The lowest BCUT2D eigenvalue weighted by Crippen LogP contribution is -2.25. The van der Waals surface area contributed by atoms with Gasteiger partial charge in [0.05, 0.1) is 33.2 Å². The van der Waals surface area contributed by atoms with Gasteiger partial charge >= 0.3 is 0 Å². The summed E-state index contributed by atoms with van der Waals surface area (Å²) in [5.41, 5.74) is 8.27. The lowest BCUT2D eigenvalue weighted by Gasteiger charge is -2.32. The van der Waals surface area contributed by atoms with Gasteiger partial charge in [0.15, 0.2) is 0 Å². The van der Waals surface area contributed by atoms with Crippen LogP contribution in [0, 0.1) is 0 Å². The molecular formula is C28H25ClN4O2. The van der Waals surface area contributed by atoms with Gasteiger partial charge in [-0.2, -0.15) is 0 Å². The average molecular weight is 485 g/mol. The number of aryl methyl sites for hydroxylation is 1. The number of carbonyl (C=O) groups excluding carboxylic acids is 2. The molecule has 176 valence electrons. The van der Waals surface area contributed by atoms with Crippen LogP contribution in [0.2, 0.25) is 0 Å². The number of hydrogen-bond donors (Lipinski definition) is 2. The van der Waals surface area contributed by atoms with Crippen molar-refractivity contribution >= 4 is 67.8 Å². The number of benzene rings is 3. The van der Waals surface area contributed by atoms with Gasteiger partial charge in [0.25, 0.3) is 11.8 Å². The van der Waals surface area contributed by atoms with Crippen LogP contribution in [-0.4, -0.2) is 27.5 Å². The van der Waals surface area contributed by atoms with Crippen LogP contribution in [0.25, 0.3) is 43.6 Å². The fraction of sp³-hybridized carbons (Fsp3) is 0.286. The van der Waals surface area contributed by atoms with Gasteiger partial charge in [0, 0.05) is 47.7 Å². The number of amides is 2. The SMILES string of the molecule is CC1(C)CCn2c3c1cccc3c1c3c(c4c5cccc6c5n(c4c12)CCNC6)C(=O)NC3=O.Cl. The molecule has 3 aromatic carbocycles. The van der Waals surface area contributed by atoms with Crippen LogP contribution in [0.3, 0.4) is 0 Å². The first-order valence-corrected chi connectivity index (χ1v) is 12.1. The van der Waals surface area contributed by atoms with E-state index in [1.54, 1.807) is 0 Å². The topological polar surface area (TPSA) is 68.1 Å². The predicted molar refractivity (Wildman–Crippen MR) is 141 cm³/mol. The Bertz CT molecular complexity index is 1810. The van der Waals surface area contributed by atoms with Gasteiger partial charge in [-0.15, -0.1) is 12.4 Å². The molecular weight excluding hydrogens is 460 g/mol. The monoisotopic (exact) mass is 484 g/mol. The smallest absolute Gasteiger partial charge is 0.259 e. The van der Waals surface area contributed by atoms with Crippen molar-refractivity contribution in [3.05, 3.63) is 58.7 Å². The number of nitrogens with one attached hydrogen (secondary N) is 2. The number of rotatable bonds is 0. The van der Waals surface area contributed by atoms with Crippen molar-refractivity contribution < 1.29 is 9.59 Å². The van der Waals surface area contributed by atoms with Gasteiger partial charge in [-0.05, 0) is 23.0 Å². The summed E-state index contributed by atoms with van der Waals surface area (Å²) < 4.78 is 4.84. The molecule has 0 atom stereocenters. The second-order valence-electron chi connectivity index (χ2n) is 10.6. The average Bonchev–Trinajstić information content (AvgIpc) is 3.35. The Morgan fingerprint density at radius 1 is 0.800 bits per heavy atom. The Labute approximate surface area is 207 Å². The van der Waals surface area contributed by atoms with E-state index in [1.165, 1.54) is 22.2 Å². The fourth-order valence-electron chi connectivity index (χ4n) is 6.90. The van der Waals surface area contributed by atoms with Crippen LogP contribution in [0.4, 0.5) is 0 Å². The highest BCUT2D eigenvalue weighted by molar-refractivity contribution is 6.39. The quantitative estimate of drug-likeness (QED) is 0.304. The van der Waals surface area contributed by atoms with Gasteiger partial charge in [-0.3, -0.25) is 14.9 Å².